The van der Waals surface area contributed by atoms with Crippen molar-refractivity contribution in [3.8, 4) is 11.5 Å². The third-order valence-corrected chi connectivity index (χ3v) is 5.41. The molecule has 0 fully saturated rings. The first-order valence-electron chi connectivity index (χ1n) is 9.01. The van der Waals surface area contributed by atoms with Gasteiger partial charge in [0.15, 0.2) is 5.82 Å². The molecule has 5 rings (SSSR count). The summed E-state index contributed by atoms with van der Waals surface area (Å²) in [4.78, 5) is 18.6. The molecule has 0 saturated heterocycles. The first-order chi connectivity index (χ1) is 13.7. The van der Waals surface area contributed by atoms with E-state index < -0.39 is 0 Å². The molecular weight excluding hydrogens is 366 g/mol. The van der Waals surface area contributed by atoms with Gasteiger partial charge in [0, 0.05) is 16.8 Å². The topological polar surface area (TPSA) is 63.6 Å². The lowest BCUT2D eigenvalue weighted by molar-refractivity contribution is 1.14. The number of hydrogen-bond donors (Lipinski definition) is 1. The van der Waals surface area contributed by atoms with E-state index in [1.54, 1.807) is 11.3 Å². The Labute approximate surface area is 166 Å². The van der Waals surface area contributed by atoms with Crippen LogP contribution in [0.3, 0.4) is 0 Å². The van der Waals surface area contributed by atoms with Gasteiger partial charge >= 0.3 is 0 Å². The lowest BCUT2D eigenvalue weighted by Gasteiger charge is -2.11. The summed E-state index contributed by atoms with van der Waals surface area (Å²) in [7, 11) is 0. The number of benzene rings is 2. The van der Waals surface area contributed by atoms with Crippen LogP contribution in [0.4, 0.5) is 11.5 Å². The number of aromatic nitrogens is 4. The normalized spacial score (nSPS) is 11.2. The Bertz CT molecular complexity index is 1330. The summed E-state index contributed by atoms with van der Waals surface area (Å²) < 4.78 is 1.15. The van der Waals surface area contributed by atoms with Crippen molar-refractivity contribution in [1.82, 2.24) is 19.9 Å². The molecule has 3 aromatic heterocycles. The van der Waals surface area contributed by atoms with E-state index in [0.717, 1.165) is 49.0 Å². The third kappa shape index (κ3) is 3.08. The number of para-hydroxylation sites is 1. The second-order valence-corrected chi connectivity index (χ2v) is 7.85. The first kappa shape index (κ1) is 16.8. The van der Waals surface area contributed by atoms with Crippen LogP contribution in [0.1, 0.15) is 10.7 Å². The van der Waals surface area contributed by atoms with Crippen LogP contribution in [0, 0.1) is 13.8 Å². The number of rotatable bonds is 3. The van der Waals surface area contributed by atoms with Gasteiger partial charge in [0.25, 0.3) is 0 Å². The van der Waals surface area contributed by atoms with Crippen LogP contribution in [0.2, 0.25) is 0 Å². The molecule has 28 heavy (non-hydrogen) atoms. The van der Waals surface area contributed by atoms with Gasteiger partial charge in [-0.1, -0.05) is 18.2 Å². The third-order valence-electron chi connectivity index (χ3n) is 4.48. The van der Waals surface area contributed by atoms with E-state index in [2.05, 4.69) is 21.4 Å². The van der Waals surface area contributed by atoms with Crippen LogP contribution in [-0.4, -0.2) is 19.9 Å². The van der Waals surface area contributed by atoms with E-state index >= 15 is 0 Å². The molecule has 0 aliphatic rings. The zero-order valence-electron chi connectivity index (χ0n) is 15.5. The predicted molar refractivity (Wildman–Crippen MR) is 115 cm³/mol. The van der Waals surface area contributed by atoms with E-state index in [1.165, 1.54) is 0 Å². The quantitative estimate of drug-likeness (QED) is 0.435. The summed E-state index contributed by atoms with van der Waals surface area (Å²) in [5.74, 6) is 1.38. The molecule has 6 heteroatoms. The Balaban J connectivity index is 1.64. The van der Waals surface area contributed by atoms with Crippen molar-refractivity contribution in [2.45, 2.75) is 13.8 Å². The lowest BCUT2D eigenvalue weighted by atomic mass is 10.2. The van der Waals surface area contributed by atoms with Gasteiger partial charge in [-0.15, -0.1) is 11.3 Å². The van der Waals surface area contributed by atoms with Crippen LogP contribution in [0.25, 0.3) is 32.6 Å². The monoisotopic (exact) mass is 383 g/mol. The molecule has 0 atom stereocenters. The van der Waals surface area contributed by atoms with Crippen LogP contribution >= 0.6 is 11.3 Å². The SMILES string of the molecule is Cc1cccc(-c2nc(Nc3ccc4nc(C)sc4c3)c3ccccc3n2)n1. The first-order valence-corrected chi connectivity index (χ1v) is 9.82. The molecule has 0 amide bonds. The molecule has 0 aliphatic heterocycles. The summed E-state index contributed by atoms with van der Waals surface area (Å²) in [5.41, 5.74) is 4.58. The van der Waals surface area contributed by atoms with Crippen molar-refractivity contribution in [2.75, 3.05) is 5.32 Å². The van der Waals surface area contributed by atoms with Gasteiger partial charge in [-0.3, -0.25) is 0 Å². The number of nitrogens with zero attached hydrogens (tertiary/aromatic N) is 4. The molecule has 0 radical (unpaired) electrons. The molecule has 3 heterocycles. The minimum absolute atomic E-state index is 0.611. The van der Waals surface area contributed by atoms with Gasteiger partial charge < -0.3 is 5.32 Å². The van der Waals surface area contributed by atoms with E-state index in [4.69, 9.17) is 9.97 Å². The summed E-state index contributed by atoms with van der Waals surface area (Å²) in [6, 6.07) is 20.1. The molecule has 0 unspecified atom stereocenters. The maximum Gasteiger partial charge on any atom is 0.180 e. The second-order valence-electron chi connectivity index (χ2n) is 6.62. The van der Waals surface area contributed by atoms with Crippen molar-refractivity contribution < 1.29 is 0 Å². The molecule has 1 N–H and O–H groups in total. The Morgan fingerprint density at radius 2 is 1.68 bits per heavy atom. The largest absolute Gasteiger partial charge is 0.340 e. The van der Waals surface area contributed by atoms with Gasteiger partial charge in [0.05, 0.1) is 20.7 Å². The number of nitrogens with one attached hydrogen (secondary N) is 1. The fourth-order valence-corrected chi connectivity index (χ4v) is 4.07. The standard InChI is InChI=1S/C22H17N5S/c1-13-6-5-9-19(23-13)22-26-17-8-4-3-7-16(17)21(27-22)25-15-10-11-18-20(12-15)28-14(2)24-18/h3-12H,1-2H3,(H,25,26,27). The molecule has 0 saturated carbocycles. The highest BCUT2D eigenvalue weighted by molar-refractivity contribution is 7.18. The number of fused-ring (bicyclic) bond motifs is 2. The van der Waals surface area contributed by atoms with Gasteiger partial charge in [-0.2, -0.15) is 0 Å². The maximum absolute atomic E-state index is 4.80. The van der Waals surface area contributed by atoms with Gasteiger partial charge in [-0.25, -0.2) is 19.9 Å². The lowest BCUT2D eigenvalue weighted by Crippen LogP contribution is -2.00. The van der Waals surface area contributed by atoms with Crippen LogP contribution in [0.5, 0.6) is 0 Å². The van der Waals surface area contributed by atoms with Crippen molar-refractivity contribution in [2.24, 2.45) is 0 Å². The zero-order chi connectivity index (χ0) is 19.1. The number of pyridine rings is 1. The molecule has 0 bridgehead atoms. The molecular formula is C22H17N5S. The fourth-order valence-electron chi connectivity index (χ4n) is 3.21. The van der Waals surface area contributed by atoms with Gasteiger partial charge in [0.1, 0.15) is 11.5 Å². The summed E-state index contributed by atoms with van der Waals surface area (Å²) in [5, 5.41) is 5.51. The average molecular weight is 383 g/mol. The van der Waals surface area contributed by atoms with Crippen LogP contribution < -0.4 is 5.32 Å². The number of aryl methyl sites for hydroxylation is 2. The summed E-state index contributed by atoms with van der Waals surface area (Å²) in [6.45, 7) is 3.99. The van der Waals surface area contributed by atoms with E-state index in [9.17, 15) is 0 Å². The molecule has 0 aliphatic carbocycles. The van der Waals surface area contributed by atoms with E-state index in [-0.39, 0.29) is 0 Å². The van der Waals surface area contributed by atoms with E-state index in [1.807, 2.05) is 68.4 Å². The Kier molecular flexibility index (Phi) is 3.98. The predicted octanol–water partition coefficient (Wildman–Crippen LogP) is 5.66. The van der Waals surface area contributed by atoms with Gasteiger partial charge in [0.2, 0.25) is 0 Å². The maximum atomic E-state index is 4.80. The smallest absolute Gasteiger partial charge is 0.180 e. The van der Waals surface area contributed by atoms with Crippen molar-refractivity contribution >= 4 is 44.0 Å². The molecule has 5 aromatic rings. The van der Waals surface area contributed by atoms with Gasteiger partial charge in [-0.05, 0) is 56.3 Å². The summed E-state index contributed by atoms with van der Waals surface area (Å²) in [6.07, 6.45) is 0. The van der Waals surface area contributed by atoms with Crippen molar-refractivity contribution in [3.63, 3.8) is 0 Å². The van der Waals surface area contributed by atoms with E-state index in [0.29, 0.717) is 5.82 Å². The minimum atomic E-state index is 0.611. The molecule has 2 aromatic carbocycles. The highest BCUT2D eigenvalue weighted by Gasteiger charge is 2.11. The van der Waals surface area contributed by atoms with Crippen molar-refractivity contribution in [3.05, 3.63) is 71.4 Å². The Morgan fingerprint density at radius 1 is 0.786 bits per heavy atom. The number of hydrogen-bond acceptors (Lipinski definition) is 6. The highest BCUT2D eigenvalue weighted by Crippen LogP contribution is 2.29. The van der Waals surface area contributed by atoms with Crippen LogP contribution in [0.15, 0.2) is 60.7 Å². The number of anilines is 2. The Morgan fingerprint density at radius 3 is 2.57 bits per heavy atom. The Hall–Kier alpha value is -3.38. The molecule has 136 valence electrons. The zero-order valence-corrected chi connectivity index (χ0v) is 16.3. The van der Waals surface area contributed by atoms with Crippen molar-refractivity contribution in [1.29, 1.82) is 0 Å². The molecule has 5 nitrogen and oxygen atoms in total. The summed E-state index contributed by atoms with van der Waals surface area (Å²) >= 11 is 1.69. The van der Waals surface area contributed by atoms with Crippen LogP contribution in [-0.2, 0) is 0 Å². The minimum Gasteiger partial charge on any atom is -0.340 e. The second kappa shape index (κ2) is 6.65. The highest BCUT2D eigenvalue weighted by atomic mass is 32.1. The number of thiazole rings is 1. The average Bonchev–Trinajstić information content (AvgIpc) is 3.07. The molecule has 0 spiro atoms. The fraction of sp³-hybridized carbons (Fsp3) is 0.0909.